The van der Waals surface area contributed by atoms with Crippen LogP contribution in [0.25, 0.3) is 10.9 Å². The summed E-state index contributed by atoms with van der Waals surface area (Å²) in [7, 11) is 0. The quantitative estimate of drug-likeness (QED) is 0.294. The predicted molar refractivity (Wildman–Crippen MR) is 122 cm³/mol. The molecule has 6 nitrogen and oxygen atoms in total. The van der Waals surface area contributed by atoms with Crippen LogP contribution in [0.4, 0.5) is 0 Å². The zero-order chi connectivity index (χ0) is 20.2. The minimum absolute atomic E-state index is 0.0431. The molecule has 0 unspecified atom stereocenters. The van der Waals surface area contributed by atoms with Gasteiger partial charge in [0, 0.05) is 16.7 Å². The van der Waals surface area contributed by atoms with E-state index in [2.05, 4.69) is 22.6 Å². The number of carbonyl (C=O) groups is 1. The smallest absolute Gasteiger partial charge is 0.262 e. The lowest BCUT2D eigenvalue weighted by molar-refractivity contribution is -0.132. The third kappa shape index (κ3) is 4.81. The first-order chi connectivity index (χ1) is 14.1. The molecule has 0 N–H and O–H groups in total. The van der Waals surface area contributed by atoms with Gasteiger partial charge in [-0.2, -0.15) is 0 Å². The van der Waals surface area contributed by atoms with E-state index >= 15 is 0 Å². The first-order valence-electron chi connectivity index (χ1n) is 9.34. The molecule has 2 aromatic carbocycles. The van der Waals surface area contributed by atoms with Gasteiger partial charge >= 0.3 is 0 Å². The fourth-order valence-electron chi connectivity index (χ4n) is 3.22. The molecule has 1 aliphatic rings. The van der Waals surface area contributed by atoms with Crippen molar-refractivity contribution < 1.29 is 9.53 Å². The molecule has 0 bridgehead atoms. The first-order valence-corrected chi connectivity index (χ1v) is 11.4. The van der Waals surface area contributed by atoms with Gasteiger partial charge in [-0.1, -0.05) is 42.1 Å². The Morgan fingerprint density at radius 3 is 2.66 bits per heavy atom. The van der Waals surface area contributed by atoms with Crippen LogP contribution < -0.4 is 5.56 Å². The number of morpholine rings is 1. The molecular weight excluding hydrogens is 501 g/mol. The van der Waals surface area contributed by atoms with Crippen molar-refractivity contribution >= 4 is 51.2 Å². The molecule has 0 radical (unpaired) electrons. The van der Waals surface area contributed by atoms with Gasteiger partial charge in [-0.15, -0.1) is 0 Å². The van der Waals surface area contributed by atoms with Crippen LogP contribution in [0.1, 0.15) is 5.56 Å². The number of fused-ring (bicyclic) bond motifs is 1. The molecule has 1 amide bonds. The Hall–Kier alpha value is -1.91. The molecule has 0 aliphatic carbocycles. The number of halogens is 1. The molecule has 1 saturated heterocycles. The molecule has 29 heavy (non-hydrogen) atoms. The summed E-state index contributed by atoms with van der Waals surface area (Å²) in [5, 5.41) is 1.16. The van der Waals surface area contributed by atoms with E-state index in [9.17, 15) is 9.59 Å². The zero-order valence-corrected chi connectivity index (χ0v) is 18.7. The van der Waals surface area contributed by atoms with Crippen LogP contribution in [0.2, 0.25) is 0 Å². The normalized spacial score (nSPS) is 14.3. The van der Waals surface area contributed by atoms with Gasteiger partial charge in [0.1, 0.15) is 0 Å². The van der Waals surface area contributed by atoms with Gasteiger partial charge in [0.15, 0.2) is 5.16 Å². The monoisotopic (exact) mass is 521 g/mol. The van der Waals surface area contributed by atoms with Crippen molar-refractivity contribution in [2.45, 2.75) is 11.7 Å². The summed E-state index contributed by atoms with van der Waals surface area (Å²) in [6, 6.07) is 15.5. The molecule has 8 heteroatoms. The molecule has 3 aromatic rings. The molecule has 150 valence electrons. The summed E-state index contributed by atoms with van der Waals surface area (Å²) in [5.41, 5.74) is 1.59. The van der Waals surface area contributed by atoms with E-state index in [-0.39, 0.29) is 17.2 Å². The van der Waals surface area contributed by atoms with Crippen LogP contribution in [-0.2, 0) is 16.1 Å². The highest BCUT2D eigenvalue weighted by molar-refractivity contribution is 14.1. The van der Waals surface area contributed by atoms with Crippen molar-refractivity contribution in [1.29, 1.82) is 0 Å². The third-order valence-corrected chi connectivity index (χ3v) is 6.39. The number of ether oxygens (including phenoxy) is 1. The number of amides is 1. The van der Waals surface area contributed by atoms with Gasteiger partial charge in [0.2, 0.25) is 5.91 Å². The fourth-order valence-corrected chi connectivity index (χ4v) is 4.61. The molecule has 4 rings (SSSR count). The lowest BCUT2D eigenvalue weighted by Gasteiger charge is -2.26. The van der Waals surface area contributed by atoms with E-state index in [1.807, 2.05) is 48.5 Å². The molecule has 1 aliphatic heterocycles. The number of carbonyl (C=O) groups excluding carboxylic acids is 1. The van der Waals surface area contributed by atoms with Crippen molar-refractivity contribution in [2.75, 3.05) is 32.1 Å². The van der Waals surface area contributed by atoms with E-state index < -0.39 is 0 Å². The van der Waals surface area contributed by atoms with E-state index in [1.54, 1.807) is 9.47 Å². The van der Waals surface area contributed by atoms with E-state index in [0.29, 0.717) is 48.9 Å². The minimum Gasteiger partial charge on any atom is -0.378 e. The zero-order valence-electron chi connectivity index (χ0n) is 15.7. The molecule has 0 atom stereocenters. The number of benzene rings is 2. The second-order valence-electron chi connectivity index (χ2n) is 6.71. The maximum atomic E-state index is 13.2. The van der Waals surface area contributed by atoms with Crippen LogP contribution in [-0.4, -0.2) is 52.4 Å². The van der Waals surface area contributed by atoms with Gasteiger partial charge in [0.25, 0.3) is 5.56 Å². The Morgan fingerprint density at radius 1 is 1.14 bits per heavy atom. The van der Waals surface area contributed by atoms with Gasteiger partial charge in [-0.05, 0) is 46.4 Å². The van der Waals surface area contributed by atoms with Gasteiger partial charge in [0.05, 0.1) is 36.4 Å². The number of hydrogen-bond donors (Lipinski definition) is 0. The van der Waals surface area contributed by atoms with E-state index in [1.165, 1.54) is 11.8 Å². The highest BCUT2D eigenvalue weighted by Crippen LogP contribution is 2.21. The van der Waals surface area contributed by atoms with Crippen LogP contribution in [0.3, 0.4) is 0 Å². The fraction of sp³-hybridized carbons (Fsp3) is 0.286. The van der Waals surface area contributed by atoms with Crippen molar-refractivity contribution in [2.24, 2.45) is 0 Å². The van der Waals surface area contributed by atoms with E-state index in [4.69, 9.17) is 9.72 Å². The van der Waals surface area contributed by atoms with Gasteiger partial charge in [-0.3, -0.25) is 14.2 Å². The largest absolute Gasteiger partial charge is 0.378 e. The Balaban J connectivity index is 1.67. The summed E-state index contributed by atoms with van der Waals surface area (Å²) in [6.45, 7) is 2.78. The summed E-state index contributed by atoms with van der Waals surface area (Å²) in [5.74, 6) is 0.290. The Kier molecular flexibility index (Phi) is 6.51. The molecular formula is C21H20IN3O3S. The maximum Gasteiger partial charge on any atom is 0.262 e. The summed E-state index contributed by atoms with van der Waals surface area (Å²) in [4.78, 5) is 32.3. The average molecular weight is 521 g/mol. The second kappa shape index (κ2) is 9.27. The SMILES string of the molecule is O=C(CSc1nc2ccc(I)cc2c(=O)n1Cc1ccccc1)N1CCOCC1. The molecule has 0 saturated carbocycles. The van der Waals surface area contributed by atoms with E-state index in [0.717, 1.165) is 9.13 Å². The average Bonchev–Trinajstić information content (AvgIpc) is 2.76. The van der Waals surface area contributed by atoms with Crippen molar-refractivity contribution in [3.63, 3.8) is 0 Å². The maximum absolute atomic E-state index is 13.2. The van der Waals surface area contributed by atoms with Crippen molar-refractivity contribution in [3.05, 3.63) is 68.0 Å². The number of rotatable bonds is 5. The highest BCUT2D eigenvalue weighted by atomic mass is 127. The standard InChI is InChI=1S/C21H20IN3O3S/c22-16-6-7-18-17(12-16)20(27)25(13-15-4-2-1-3-5-15)21(23-18)29-14-19(26)24-8-10-28-11-9-24/h1-7,12H,8-11,13-14H2. The number of hydrogen-bond acceptors (Lipinski definition) is 5. The topological polar surface area (TPSA) is 64.4 Å². The molecule has 2 heterocycles. The lowest BCUT2D eigenvalue weighted by atomic mass is 10.2. The van der Waals surface area contributed by atoms with Crippen LogP contribution >= 0.6 is 34.4 Å². The van der Waals surface area contributed by atoms with Gasteiger partial charge in [-0.25, -0.2) is 4.98 Å². The highest BCUT2D eigenvalue weighted by Gasteiger charge is 2.19. The lowest BCUT2D eigenvalue weighted by Crippen LogP contribution is -2.41. The number of aromatic nitrogens is 2. The first kappa shape index (κ1) is 20.4. The molecule has 1 aromatic heterocycles. The van der Waals surface area contributed by atoms with Crippen LogP contribution in [0, 0.1) is 3.57 Å². The minimum atomic E-state index is -0.0845. The Labute approximate surface area is 186 Å². The number of thioether (sulfide) groups is 1. The van der Waals surface area contributed by atoms with Crippen LogP contribution in [0.5, 0.6) is 0 Å². The Morgan fingerprint density at radius 2 is 1.90 bits per heavy atom. The summed E-state index contributed by atoms with van der Waals surface area (Å²) < 4.78 is 7.97. The number of nitrogens with zero attached hydrogens (tertiary/aromatic N) is 3. The molecule has 0 spiro atoms. The van der Waals surface area contributed by atoms with Crippen LogP contribution in [0.15, 0.2) is 58.5 Å². The second-order valence-corrected chi connectivity index (χ2v) is 8.90. The summed E-state index contributed by atoms with van der Waals surface area (Å²) >= 11 is 3.52. The predicted octanol–water partition coefficient (Wildman–Crippen LogP) is 3.00. The third-order valence-electron chi connectivity index (χ3n) is 4.75. The van der Waals surface area contributed by atoms with Crippen molar-refractivity contribution in [1.82, 2.24) is 14.5 Å². The van der Waals surface area contributed by atoms with Crippen molar-refractivity contribution in [3.8, 4) is 0 Å². The molecule has 1 fully saturated rings. The summed E-state index contributed by atoms with van der Waals surface area (Å²) in [6.07, 6.45) is 0. The van der Waals surface area contributed by atoms with Gasteiger partial charge < -0.3 is 9.64 Å². The Bertz CT molecular complexity index is 1080.